The summed E-state index contributed by atoms with van der Waals surface area (Å²) in [5.74, 6) is -0.516. The van der Waals surface area contributed by atoms with E-state index in [1.54, 1.807) is 0 Å². The van der Waals surface area contributed by atoms with Crippen molar-refractivity contribution in [3.63, 3.8) is 0 Å². The zero-order valence-electron chi connectivity index (χ0n) is 9.89. The van der Waals surface area contributed by atoms with Gasteiger partial charge in [-0.1, -0.05) is 43.0 Å². The molecule has 2 rings (SSSR count). The summed E-state index contributed by atoms with van der Waals surface area (Å²) in [5.41, 5.74) is 8.04. The summed E-state index contributed by atoms with van der Waals surface area (Å²) in [5, 5.41) is 3.24. The number of carbonyl (C=O) groups excluding carboxylic acids is 1. The van der Waals surface area contributed by atoms with Crippen LogP contribution >= 0.6 is 0 Å². The van der Waals surface area contributed by atoms with Crippen LogP contribution in [0.1, 0.15) is 5.56 Å². The van der Waals surface area contributed by atoms with E-state index >= 15 is 0 Å². The van der Waals surface area contributed by atoms with Crippen molar-refractivity contribution < 1.29 is 4.79 Å². The van der Waals surface area contributed by atoms with E-state index in [0.29, 0.717) is 11.1 Å². The lowest BCUT2D eigenvalue weighted by Crippen LogP contribution is -2.12. The fourth-order valence-corrected chi connectivity index (χ4v) is 1.66. The van der Waals surface area contributed by atoms with Crippen LogP contribution in [-0.2, 0) is 4.79 Å². The van der Waals surface area contributed by atoms with Crippen molar-refractivity contribution in [2.24, 2.45) is 5.73 Å². The van der Waals surface area contributed by atoms with E-state index in [1.165, 1.54) is 0 Å². The van der Waals surface area contributed by atoms with Crippen LogP contribution < -0.4 is 11.1 Å². The normalized spacial score (nSPS) is 9.78. The predicted molar refractivity (Wildman–Crippen MR) is 74.4 cm³/mol. The van der Waals surface area contributed by atoms with Crippen molar-refractivity contribution in [1.82, 2.24) is 0 Å². The summed E-state index contributed by atoms with van der Waals surface area (Å²) in [4.78, 5) is 11.2. The lowest BCUT2D eigenvalue weighted by Gasteiger charge is -2.12. The minimum atomic E-state index is -0.516. The average Bonchev–Trinajstić information content (AvgIpc) is 2.39. The van der Waals surface area contributed by atoms with Gasteiger partial charge in [-0.15, -0.1) is 0 Å². The van der Waals surface area contributed by atoms with Gasteiger partial charge in [0.05, 0.1) is 0 Å². The molecule has 0 saturated heterocycles. The Labute approximate surface area is 106 Å². The van der Waals surface area contributed by atoms with Gasteiger partial charge in [-0.3, -0.25) is 4.79 Å². The van der Waals surface area contributed by atoms with E-state index in [2.05, 4.69) is 11.9 Å². The third kappa shape index (κ3) is 2.58. The second kappa shape index (κ2) is 5.19. The van der Waals surface area contributed by atoms with Crippen LogP contribution in [0.5, 0.6) is 0 Å². The first-order chi connectivity index (χ1) is 8.68. The number of para-hydroxylation sites is 2. The van der Waals surface area contributed by atoms with E-state index in [0.717, 1.165) is 11.4 Å². The lowest BCUT2D eigenvalue weighted by atomic mass is 10.0. The number of hydrogen-bond donors (Lipinski definition) is 2. The molecule has 3 N–H and O–H groups in total. The van der Waals surface area contributed by atoms with Crippen molar-refractivity contribution in [1.29, 1.82) is 0 Å². The van der Waals surface area contributed by atoms with Crippen LogP contribution in [0, 0.1) is 0 Å². The fourth-order valence-electron chi connectivity index (χ4n) is 1.66. The number of amides is 1. The van der Waals surface area contributed by atoms with Crippen molar-refractivity contribution >= 4 is 22.9 Å². The van der Waals surface area contributed by atoms with Crippen LogP contribution in [0.25, 0.3) is 5.57 Å². The molecular formula is C15H14N2O. The molecule has 18 heavy (non-hydrogen) atoms. The van der Waals surface area contributed by atoms with E-state index < -0.39 is 5.91 Å². The van der Waals surface area contributed by atoms with Gasteiger partial charge < -0.3 is 11.1 Å². The van der Waals surface area contributed by atoms with Gasteiger partial charge in [-0.25, -0.2) is 0 Å². The van der Waals surface area contributed by atoms with Crippen LogP contribution in [0.4, 0.5) is 11.4 Å². The van der Waals surface area contributed by atoms with E-state index in [4.69, 9.17) is 5.73 Å². The van der Waals surface area contributed by atoms with Crippen LogP contribution in [0.15, 0.2) is 61.2 Å². The van der Waals surface area contributed by atoms with Gasteiger partial charge in [0.1, 0.15) is 0 Å². The molecule has 0 radical (unpaired) electrons. The minimum Gasteiger partial charge on any atom is -0.366 e. The molecule has 2 aromatic carbocycles. The van der Waals surface area contributed by atoms with Gasteiger partial charge in [0.15, 0.2) is 0 Å². The van der Waals surface area contributed by atoms with Crippen molar-refractivity contribution in [2.75, 3.05) is 5.32 Å². The molecule has 0 saturated carbocycles. The largest absolute Gasteiger partial charge is 0.366 e. The Hall–Kier alpha value is -2.55. The number of primary amides is 1. The van der Waals surface area contributed by atoms with E-state index in [9.17, 15) is 4.79 Å². The Bertz CT molecular complexity index is 576. The highest BCUT2D eigenvalue weighted by molar-refractivity contribution is 6.19. The first kappa shape index (κ1) is 11.9. The average molecular weight is 238 g/mol. The molecule has 0 atom stereocenters. The third-order valence-electron chi connectivity index (χ3n) is 2.60. The van der Waals surface area contributed by atoms with Gasteiger partial charge in [-0.05, 0) is 18.2 Å². The Balaban J connectivity index is 2.34. The molecule has 0 unspecified atom stereocenters. The Morgan fingerprint density at radius 1 is 1.00 bits per heavy atom. The summed E-state index contributed by atoms with van der Waals surface area (Å²) in [6.07, 6.45) is 0. The minimum absolute atomic E-state index is 0.300. The highest BCUT2D eigenvalue weighted by atomic mass is 16.1. The molecule has 0 aliphatic rings. The van der Waals surface area contributed by atoms with E-state index in [1.807, 2.05) is 54.6 Å². The Morgan fingerprint density at radius 2 is 1.61 bits per heavy atom. The monoisotopic (exact) mass is 238 g/mol. The van der Waals surface area contributed by atoms with Crippen molar-refractivity contribution in [3.05, 3.63) is 66.7 Å². The molecule has 1 amide bonds. The summed E-state index contributed by atoms with van der Waals surface area (Å²) in [6, 6.07) is 17.2. The molecule has 0 fully saturated rings. The SMILES string of the molecule is C=C(C(N)=O)c1ccccc1Nc1ccccc1. The number of anilines is 2. The summed E-state index contributed by atoms with van der Waals surface area (Å²) >= 11 is 0. The molecule has 0 spiro atoms. The van der Waals surface area contributed by atoms with Crippen molar-refractivity contribution in [3.8, 4) is 0 Å². The molecule has 2 aromatic rings. The summed E-state index contributed by atoms with van der Waals surface area (Å²) in [7, 11) is 0. The zero-order chi connectivity index (χ0) is 13.0. The first-order valence-electron chi connectivity index (χ1n) is 5.58. The molecule has 0 bridgehead atoms. The fraction of sp³-hybridized carbons (Fsp3) is 0. The highest BCUT2D eigenvalue weighted by Crippen LogP contribution is 2.25. The standard InChI is InChI=1S/C15H14N2O/c1-11(15(16)18)13-9-5-6-10-14(13)17-12-7-3-2-4-8-12/h2-10,17H,1H2,(H2,16,18). The maximum absolute atomic E-state index is 11.2. The van der Waals surface area contributed by atoms with Crippen molar-refractivity contribution in [2.45, 2.75) is 0 Å². The summed E-state index contributed by atoms with van der Waals surface area (Å²) in [6.45, 7) is 3.71. The van der Waals surface area contributed by atoms with Gasteiger partial charge >= 0.3 is 0 Å². The van der Waals surface area contributed by atoms with Gasteiger partial charge in [0.2, 0.25) is 5.91 Å². The molecule has 3 nitrogen and oxygen atoms in total. The smallest absolute Gasteiger partial charge is 0.248 e. The molecule has 0 aliphatic heterocycles. The summed E-state index contributed by atoms with van der Waals surface area (Å²) < 4.78 is 0. The highest BCUT2D eigenvalue weighted by Gasteiger charge is 2.09. The quantitative estimate of drug-likeness (QED) is 0.805. The number of hydrogen-bond acceptors (Lipinski definition) is 2. The van der Waals surface area contributed by atoms with E-state index in [-0.39, 0.29) is 0 Å². The molecule has 0 aliphatic carbocycles. The molecule has 0 heterocycles. The molecule has 0 aromatic heterocycles. The molecule has 3 heteroatoms. The molecule has 90 valence electrons. The Morgan fingerprint density at radius 3 is 2.28 bits per heavy atom. The van der Waals surface area contributed by atoms with Gasteiger partial charge in [0.25, 0.3) is 0 Å². The predicted octanol–water partition coefficient (Wildman–Crippen LogP) is 2.93. The van der Waals surface area contributed by atoms with Gasteiger partial charge in [0, 0.05) is 22.5 Å². The number of nitrogens with one attached hydrogen (secondary N) is 1. The number of nitrogens with two attached hydrogens (primary N) is 1. The van der Waals surface area contributed by atoms with Gasteiger partial charge in [-0.2, -0.15) is 0 Å². The third-order valence-corrected chi connectivity index (χ3v) is 2.60. The first-order valence-corrected chi connectivity index (χ1v) is 5.58. The topological polar surface area (TPSA) is 55.1 Å². The Kier molecular flexibility index (Phi) is 3.44. The number of rotatable bonds is 4. The maximum atomic E-state index is 11.2. The maximum Gasteiger partial charge on any atom is 0.248 e. The number of benzene rings is 2. The second-order valence-electron chi connectivity index (χ2n) is 3.88. The van der Waals surface area contributed by atoms with Crippen LogP contribution in [0.2, 0.25) is 0 Å². The van der Waals surface area contributed by atoms with Crippen LogP contribution in [0.3, 0.4) is 0 Å². The van der Waals surface area contributed by atoms with Crippen LogP contribution in [-0.4, -0.2) is 5.91 Å². The number of carbonyl (C=O) groups is 1. The second-order valence-corrected chi connectivity index (χ2v) is 3.88. The zero-order valence-corrected chi connectivity index (χ0v) is 9.89. The lowest BCUT2D eigenvalue weighted by molar-refractivity contribution is -0.112. The molecular weight excluding hydrogens is 224 g/mol.